The van der Waals surface area contributed by atoms with E-state index in [0.717, 1.165) is 5.56 Å². The lowest BCUT2D eigenvalue weighted by atomic mass is 10.1. The lowest BCUT2D eigenvalue weighted by Gasteiger charge is -2.16. The third kappa shape index (κ3) is 5.60. The molecule has 1 aromatic rings. The number of aryl methyl sites for hydroxylation is 1. The van der Waals surface area contributed by atoms with E-state index in [1.54, 1.807) is 7.11 Å². The summed E-state index contributed by atoms with van der Waals surface area (Å²) < 4.78 is 15.9. The van der Waals surface area contributed by atoms with Crippen molar-refractivity contribution in [2.24, 2.45) is 5.73 Å². The molecule has 18 heavy (non-hydrogen) atoms. The Morgan fingerprint density at radius 3 is 2.33 bits per heavy atom. The van der Waals surface area contributed by atoms with Gasteiger partial charge in [0.25, 0.3) is 0 Å². The number of nitrogens with two attached hydrogens (primary N) is 1. The topological polar surface area (TPSA) is 53.7 Å². The molecular formula is C14H23NO3. The maximum absolute atomic E-state index is 5.72. The van der Waals surface area contributed by atoms with Crippen LogP contribution in [0.4, 0.5) is 0 Å². The monoisotopic (exact) mass is 253 g/mol. The summed E-state index contributed by atoms with van der Waals surface area (Å²) in [5.41, 5.74) is 8.06. The third-order valence-electron chi connectivity index (χ3n) is 2.64. The minimum absolute atomic E-state index is 0.0587. The lowest BCUT2D eigenvalue weighted by Crippen LogP contribution is -2.18. The molecule has 0 fully saturated rings. The molecule has 0 aliphatic carbocycles. The van der Waals surface area contributed by atoms with Crippen molar-refractivity contribution in [3.05, 3.63) is 35.4 Å². The van der Waals surface area contributed by atoms with Crippen LogP contribution in [0.25, 0.3) is 0 Å². The van der Waals surface area contributed by atoms with Gasteiger partial charge in [0.2, 0.25) is 0 Å². The molecule has 0 aliphatic rings. The molecule has 2 N–H and O–H groups in total. The standard InChI is InChI=1S/C14H23NO3/c1-12-3-5-13(6-4-12)14(11-15)18-10-9-17-8-7-16-2/h3-6,14H,7-11,15H2,1-2H3. The predicted octanol–water partition coefficient (Wildman–Crippen LogP) is 1.67. The first kappa shape index (κ1) is 15.1. The van der Waals surface area contributed by atoms with E-state index in [9.17, 15) is 0 Å². The molecule has 0 bridgehead atoms. The zero-order valence-electron chi connectivity index (χ0n) is 11.2. The second-order valence-electron chi connectivity index (χ2n) is 4.11. The summed E-state index contributed by atoms with van der Waals surface area (Å²) in [5, 5.41) is 0. The van der Waals surface area contributed by atoms with Crippen molar-refractivity contribution < 1.29 is 14.2 Å². The molecule has 0 radical (unpaired) electrons. The molecule has 0 saturated heterocycles. The first-order valence-corrected chi connectivity index (χ1v) is 6.23. The molecule has 4 heteroatoms. The van der Waals surface area contributed by atoms with E-state index in [0.29, 0.717) is 33.0 Å². The minimum atomic E-state index is -0.0587. The number of methoxy groups -OCH3 is 1. The molecular weight excluding hydrogens is 230 g/mol. The fraction of sp³-hybridized carbons (Fsp3) is 0.571. The summed E-state index contributed by atoms with van der Waals surface area (Å²) in [5.74, 6) is 0. The average Bonchev–Trinajstić information content (AvgIpc) is 2.39. The van der Waals surface area contributed by atoms with Gasteiger partial charge in [0.1, 0.15) is 0 Å². The van der Waals surface area contributed by atoms with Crippen LogP contribution in [-0.4, -0.2) is 40.1 Å². The summed E-state index contributed by atoms with van der Waals surface area (Å²) in [7, 11) is 1.65. The van der Waals surface area contributed by atoms with Crippen molar-refractivity contribution in [1.82, 2.24) is 0 Å². The van der Waals surface area contributed by atoms with Crippen molar-refractivity contribution in [3.63, 3.8) is 0 Å². The van der Waals surface area contributed by atoms with E-state index in [4.69, 9.17) is 19.9 Å². The van der Waals surface area contributed by atoms with Crippen LogP contribution >= 0.6 is 0 Å². The van der Waals surface area contributed by atoms with Gasteiger partial charge in [0.15, 0.2) is 0 Å². The van der Waals surface area contributed by atoms with Gasteiger partial charge in [-0.2, -0.15) is 0 Å². The Morgan fingerprint density at radius 2 is 1.72 bits per heavy atom. The molecule has 1 aromatic carbocycles. The Kier molecular flexibility index (Phi) is 7.60. The van der Waals surface area contributed by atoms with Crippen LogP contribution in [-0.2, 0) is 14.2 Å². The first-order chi connectivity index (χ1) is 8.77. The normalized spacial score (nSPS) is 12.6. The van der Waals surface area contributed by atoms with Gasteiger partial charge in [-0.05, 0) is 12.5 Å². The first-order valence-electron chi connectivity index (χ1n) is 6.23. The van der Waals surface area contributed by atoms with Gasteiger partial charge in [-0.1, -0.05) is 29.8 Å². The van der Waals surface area contributed by atoms with Gasteiger partial charge < -0.3 is 19.9 Å². The van der Waals surface area contributed by atoms with Gasteiger partial charge in [-0.25, -0.2) is 0 Å². The summed E-state index contributed by atoms with van der Waals surface area (Å²) in [6, 6.07) is 8.24. The van der Waals surface area contributed by atoms with Crippen molar-refractivity contribution in [3.8, 4) is 0 Å². The maximum atomic E-state index is 5.72. The second-order valence-corrected chi connectivity index (χ2v) is 4.11. The van der Waals surface area contributed by atoms with E-state index in [2.05, 4.69) is 31.2 Å². The van der Waals surface area contributed by atoms with Gasteiger partial charge in [0, 0.05) is 13.7 Å². The third-order valence-corrected chi connectivity index (χ3v) is 2.64. The molecule has 1 atom stereocenters. The molecule has 0 aliphatic heterocycles. The zero-order valence-corrected chi connectivity index (χ0v) is 11.2. The van der Waals surface area contributed by atoms with E-state index < -0.39 is 0 Å². The summed E-state index contributed by atoms with van der Waals surface area (Å²) in [4.78, 5) is 0. The van der Waals surface area contributed by atoms with E-state index in [1.807, 2.05) is 0 Å². The summed E-state index contributed by atoms with van der Waals surface area (Å²) in [6.45, 7) is 4.84. The maximum Gasteiger partial charge on any atom is 0.0948 e. The van der Waals surface area contributed by atoms with Crippen molar-refractivity contribution in [2.45, 2.75) is 13.0 Å². The summed E-state index contributed by atoms with van der Waals surface area (Å²) in [6.07, 6.45) is -0.0587. The Labute approximate surface area is 109 Å². The number of hydrogen-bond acceptors (Lipinski definition) is 4. The number of hydrogen-bond donors (Lipinski definition) is 1. The van der Waals surface area contributed by atoms with Crippen molar-refractivity contribution in [1.29, 1.82) is 0 Å². The fourth-order valence-corrected chi connectivity index (χ4v) is 1.58. The van der Waals surface area contributed by atoms with Crippen LogP contribution in [0, 0.1) is 6.92 Å². The zero-order chi connectivity index (χ0) is 13.2. The van der Waals surface area contributed by atoms with Gasteiger partial charge in [-0.15, -0.1) is 0 Å². The molecule has 0 aromatic heterocycles. The van der Waals surface area contributed by atoms with Crippen LogP contribution in [0.1, 0.15) is 17.2 Å². The van der Waals surface area contributed by atoms with Crippen molar-refractivity contribution in [2.75, 3.05) is 40.1 Å². The SMILES string of the molecule is COCCOCCOC(CN)c1ccc(C)cc1. The van der Waals surface area contributed by atoms with Crippen molar-refractivity contribution >= 4 is 0 Å². The highest BCUT2D eigenvalue weighted by Crippen LogP contribution is 2.16. The summed E-state index contributed by atoms with van der Waals surface area (Å²) >= 11 is 0. The van der Waals surface area contributed by atoms with E-state index >= 15 is 0 Å². The van der Waals surface area contributed by atoms with Crippen LogP contribution in [0.3, 0.4) is 0 Å². The molecule has 4 nitrogen and oxygen atoms in total. The Balaban J connectivity index is 2.27. The quantitative estimate of drug-likeness (QED) is 0.680. The van der Waals surface area contributed by atoms with Gasteiger partial charge in [0.05, 0.1) is 32.5 Å². The van der Waals surface area contributed by atoms with Crippen LogP contribution in [0.2, 0.25) is 0 Å². The fourth-order valence-electron chi connectivity index (χ4n) is 1.58. The molecule has 0 spiro atoms. The Bertz CT molecular complexity index is 313. The highest BCUT2D eigenvalue weighted by molar-refractivity contribution is 5.23. The average molecular weight is 253 g/mol. The lowest BCUT2D eigenvalue weighted by molar-refractivity contribution is -0.00422. The number of rotatable bonds is 9. The molecule has 0 saturated carbocycles. The Morgan fingerprint density at radius 1 is 1.06 bits per heavy atom. The predicted molar refractivity (Wildman–Crippen MR) is 71.6 cm³/mol. The smallest absolute Gasteiger partial charge is 0.0948 e. The van der Waals surface area contributed by atoms with Gasteiger partial charge in [-0.3, -0.25) is 0 Å². The Hall–Kier alpha value is -0.940. The van der Waals surface area contributed by atoms with E-state index in [-0.39, 0.29) is 6.10 Å². The molecule has 0 amide bonds. The van der Waals surface area contributed by atoms with Crippen LogP contribution in [0.15, 0.2) is 24.3 Å². The highest BCUT2D eigenvalue weighted by Gasteiger charge is 2.09. The minimum Gasteiger partial charge on any atom is -0.382 e. The van der Waals surface area contributed by atoms with Crippen LogP contribution < -0.4 is 5.73 Å². The molecule has 1 rings (SSSR count). The molecule has 1 unspecified atom stereocenters. The van der Waals surface area contributed by atoms with Gasteiger partial charge >= 0.3 is 0 Å². The molecule has 102 valence electrons. The number of benzene rings is 1. The van der Waals surface area contributed by atoms with E-state index in [1.165, 1.54) is 5.56 Å². The van der Waals surface area contributed by atoms with Crippen LogP contribution in [0.5, 0.6) is 0 Å². The molecule has 0 heterocycles. The highest BCUT2D eigenvalue weighted by atomic mass is 16.5. The second kappa shape index (κ2) is 9.05. The largest absolute Gasteiger partial charge is 0.382 e. The number of ether oxygens (including phenoxy) is 3.